The molecule has 2 N–H and O–H groups in total. The zero-order valence-corrected chi connectivity index (χ0v) is 12.9. The number of rotatable bonds is 7. The maximum absolute atomic E-state index is 11.8. The van der Waals surface area contributed by atoms with E-state index in [2.05, 4.69) is 25.7 Å². The van der Waals surface area contributed by atoms with E-state index in [9.17, 15) is 4.79 Å². The number of nitrogens with one attached hydrogen (secondary N) is 2. The summed E-state index contributed by atoms with van der Waals surface area (Å²) in [6.45, 7) is 2.45. The molecule has 1 saturated heterocycles. The lowest BCUT2D eigenvalue weighted by atomic mass is 10.2. The lowest BCUT2D eigenvalue weighted by Crippen LogP contribution is -2.42. The Morgan fingerprint density at radius 3 is 3.13 bits per heavy atom. The highest BCUT2D eigenvalue weighted by molar-refractivity contribution is 5.77. The number of anilines is 1. The van der Waals surface area contributed by atoms with Gasteiger partial charge in [-0.05, 0) is 37.1 Å². The van der Waals surface area contributed by atoms with Gasteiger partial charge >= 0.3 is 0 Å². The van der Waals surface area contributed by atoms with Crippen molar-refractivity contribution < 1.29 is 9.21 Å². The van der Waals surface area contributed by atoms with Crippen molar-refractivity contribution in [2.75, 3.05) is 24.5 Å². The summed E-state index contributed by atoms with van der Waals surface area (Å²) in [4.78, 5) is 14.1. The van der Waals surface area contributed by atoms with Gasteiger partial charge in [-0.25, -0.2) is 0 Å². The molecule has 7 nitrogen and oxygen atoms in total. The van der Waals surface area contributed by atoms with E-state index in [1.165, 1.54) is 0 Å². The van der Waals surface area contributed by atoms with E-state index in [0.717, 1.165) is 37.5 Å². The van der Waals surface area contributed by atoms with Gasteiger partial charge in [0.2, 0.25) is 5.91 Å². The summed E-state index contributed by atoms with van der Waals surface area (Å²) in [7, 11) is 0. The van der Waals surface area contributed by atoms with Crippen LogP contribution in [0.15, 0.2) is 41.1 Å². The lowest BCUT2D eigenvalue weighted by Gasteiger charge is -2.25. The predicted octanol–water partition coefficient (Wildman–Crippen LogP) is 0.944. The minimum Gasteiger partial charge on any atom is -0.467 e. The van der Waals surface area contributed by atoms with Gasteiger partial charge in [-0.1, -0.05) is 0 Å². The van der Waals surface area contributed by atoms with Crippen LogP contribution in [0, 0.1) is 0 Å². The van der Waals surface area contributed by atoms with Gasteiger partial charge in [0.15, 0.2) is 5.82 Å². The molecule has 1 aliphatic rings. The van der Waals surface area contributed by atoms with E-state index >= 15 is 0 Å². The predicted molar refractivity (Wildman–Crippen MR) is 85.8 cm³/mol. The van der Waals surface area contributed by atoms with E-state index in [1.54, 1.807) is 18.5 Å². The van der Waals surface area contributed by atoms with Crippen LogP contribution in [0.2, 0.25) is 0 Å². The number of carbonyl (C=O) groups is 1. The Balaban J connectivity index is 1.40. The first-order valence-corrected chi connectivity index (χ1v) is 7.87. The van der Waals surface area contributed by atoms with Crippen LogP contribution in [0.4, 0.5) is 5.82 Å². The minimum absolute atomic E-state index is 0.0366. The van der Waals surface area contributed by atoms with E-state index in [-0.39, 0.29) is 5.91 Å². The molecular formula is C16H21N5O2. The van der Waals surface area contributed by atoms with Gasteiger partial charge in [0, 0.05) is 25.3 Å². The van der Waals surface area contributed by atoms with E-state index in [4.69, 9.17) is 4.42 Å². The molecule has 1 aliphatic heterocycles. The maximum Gasteiger partial charge on any atom is 0.234 e. The summed E-state index contributed by atoms with van der Waals surface area (Å²) in [5.74, 6) is 1.62. The van der Waals surface area contributed by atoms with Crippen molar-refractivity contribution in [3.63, 3.8) is 0 Å². The normalized spacial score (nSPS) is 17.4. The van der Waals surface area contributed by atoms with Crippen LogP contribution in [-0.2, 0) is 11.3 Å². The van der Waals surface area contributed by atoms with Crippen molar-refractivity contribution in [2.45, 2.75) is 25.4 Å². The molecule has 3 heterocycles. The summed E-state index contributed by atoms with van der Waals surface area (Å²) < 4.78 is 5.18. The monoisotopic (exact) mass is 315 g/mol. The fraction of sp³-hybridized carbons (Fsp3) is 0.438. The Labute approximate surface area is 135 Å². The molecule has 122 valence electrons. The van der Waals surface area contributed by atoms with Gasteiger partial charge in [-0.3, -0.25) is 4.79 Å². The molecule has 0 aromatic carbocycles. The number of furan rings is 1. The molecule has 7 heteroatoms. The van der Waals surface area contributed by atoms with Crippen LogP contribution < -0.4 is 15.5 Å². The lowest BCUT2D eigenvalue weighted by molar-refractivity contribution is -0.120. The first-order valence-electron chi connectivity index (χ1n) is 7.87. The fourth-order valence-electron chi connectivity index (χ4n) is 2.81. The average molecular weight is 315 g/mol. The molecule has 0 aliphatic carbocycles. The second-order valence-corrected chi connectivity index (χ2v) is 5.56. The Hall–Kier alpha value is -2.41. The van der Waals surface area contributed by atoms with Gasteiger partial charge in [0.05, 0.1) is 19.4 Å². The number of amides is 1. The molecule has 1 fully saturated rings. The number of nitrogens with zero attached hydrogens (tertiary/aromatic N) is 3. The first kappa shape index (κ1) is 15.5. The van der Waals surface area contributed by atoms with Gasteiger partial charge in [0.25, 0.3) is 0 Å². The van der Waals surface area contributed by atoms with Crippen LogP contribution in [-0.4, -0.2) is 41.8 Å². The summed E-state index contributed by atoms with van der Waals surface area (Å²) in [5.41, 5.74) is 0. The third-order valence-corrected chi connectivity index (χ3v) is 3.94. The maximum atomic E-state index is 11.8. The molecule has 1 amide bonds. The SMILES string of the molecule is O=C(CNC[C@@H]1CCCN1c1cccnn1)NCc1ccco1. The Bertz CT molecular complexity index is 602. The standard InChI is InChI=1S/C16H21N5O2/c22-16(18-11-14-5-3-9-23-14)12-17-10-13-4-2-8-21(13)15-6-1-7-19-20-15/h1,3,5-7,9,13,17H,2,4,8,10-12H2,(H,18,22)/t13-/m0/s1. The van der Waals surface area contributed by atoms with E-state index in [0.29, 0.717) is 19.1 Å². The molecular weight excluding hydrogens is 294 g/mol. The number of hydrogen-bond acceptors (Lipinski definition) is 6. The van der Waals surface area contributed by atoms with Crippen molar-refractivity contribution >= 4 is 11.7 Å². The molecule has 0 saturated carbocycles. The molecule has 0 unspecified atom stereocenters. The quantitative estimate of drug-likeness (QED) is 0.791. The minimum atomic E-state index is -0.0366. The Morgan fingerprint density at radius 2 is 2.35 bits per heavy atom. The van der Waals surface area contributed by atoms with Gasteiger partial charge in [0.1, 0.15) is 5.76 Å². The Kier molecular flexibility index (Phi) is 5.21. The van der Waals surface area contributed by atoms with Crippen LogP contribution >= 0.6 is 0 Å². The number of aromatic nitrogens is 2. The van der Waals surface area contributed by atoms with Crippen LogP contribution in [0.5, 0.6) is 0 Å². The van der Waals surface area contributed by atoms with Crippen molar-refractivity contribution in [1.29, 1.82) is 0 Å². The molecule has 1 atom stereocenters. The molecule has 2 aromatic heterocycles. The highest BCUT2D eigenvalue weighted by atomic mass is 16.3. The first-order chi connectivity index (χ1) is 11.3. The van der Waals surface area contributed by atoms with Crippen molar-refractivity contribution in [3.05, 3.63) is 42.5 Å². The van der Waals surface area contributed by atoms with Crippen LogP contribution in [0.1, 0.15) is 18.6 Å². The van der Waals surface area contributed by atoms with Crippen molar-refractivity contribution in [2.24, 2.45) is 0 Å². The molecule has 0 radical (unpaired) electrons. The van der Waals surface area contributed by atoms with Gasteiger partial charge in [-0.15, -0.1) is 5.10 Å². The fourth-order valence-corrected chi connectivity index (χ4v) is 2.81. The van der Waals surface area contributed by atoms with Crippen LogP contribution in [0.25, 0.3) is 0 Å². The largest absolute Gasteiger partial charge is 0.467 e. The topological polar surface area (TPSA) is 83.3 Å². The third-order valence-electron chi connectivity index (χ3n) is 3.94. The van der Waals surface area contributed by atoms with Crippen LogP contribution in [0.3, 0.4) is 0 Å². The molecule has 2 aromatic rings. The molecule has 0 bridgehead atoms. The highest BCUT2D eigenvalue weighted by Gasteiger charge is 2.25. The molecule has 0 spiro atoms. The number of carbonyl (C=O) groups excluding carboxylic acids is 1. The molecule has 3 rings (SSSR count). The van der Waals surface area contributed by atoms with Gasteiger partial charge in [-0.2, -0.15) is 5.10 Å². The zero-order chi connectivity index (χ0) is 15.9. The molecule has 23 heavy (non-hydrogen) atoms. The summed E-state index contributed by atoms with van der Waals surface area (Å²) >= 11 is 0. The highest BCUT2D eigenvalue weighted by Crippen LogP contribution is 2.22. The van der Waals surface area contributed by atoms with Gasteiger partial charge < -0.3 is 20.0 Å². The second kappa shape index (κ2) is 7.73. The van der Waals surface area contributed by atoms with Crippen molar-refractivity contribution in [1.82, 2.24) is 20.8 Å². The van der Waals surface area contributed by atoms with Crippen molar-refractivity contribution in [3.8, 4) is 0 Å². The third kappa shape index (κ3) is 4.29. The summed E-state index contributed by atoms with van der Waals surface area (Å²) in [5, 5.41) is 14.2. The Morgan fingerprint density at radius 1 is 1.39 bits per heavy atom. The summed E-state index contributed by atoms with van der Waals surface area (Å²) in [6.07, 6.45) is 5.50. The number of hydrogen-bond donors (Lipinski definition) is 2. The second-order valence-electron chi connectivity index (χ2n) is 5.56. The van der Waals surface area contributed by atoms with E-state index < -0.39 is 0 Å². The van der Waals surface area contributed by atoms with E-state index in [1.807, 2.05) is 18.2 Å². The summed E-state index contributed by atoms with van der Waals surface area (Å²) in [6, 6.07) is 7.87. The average Bonchev–Trinajstić information content (AvgIpc) is 3.25. The zero-order valence-electron chi connectivity index (χ0n) is 12.9. The smallest absolute Gasteiger partial charge is 0.234 e.